The SMILES string of the molecule is C=C(C)C(=O)OCCCCCCOc1ccc2cc(C(=O)Oc3ccc(C(=O)Oc4ccc(/C=C/C(=O)OCC5CCC(CCC)CC5)cc4OC)cc3)ccc2c1. The molecule has 306 valence electrons. The maximum Gasteiger partial charge on any atom is 0.343 e. The number of methoxy groups -OCH3 is 1. The van der Waals surface area contributed by atoms with Crippen molar-refractivity contribution in [2.75, 3.05) is 26.9 Å². The van der Waals surface area contributed by atoms with Gasteiger partial charge in [0.15, 0.2) is 11.5 Å². The van der Waals surface area contributed by atoms with E-state index in [2.05, 4.69) is 13.5 Å². The highest BCUT2D eigenvalue weighted by molar-refractivity contribution is 5.97. The van der Waals surface area contributed by atoms with Gasteiger partial charge in [-0.3, -0.25) is 0 Å². The summed E-state index contributed by atoms with van der Waals surface area (Å²) in [4.78, 5) is 49.8. The number of carbonyl (C=O) groups is 4. The Morgan fingerprint density at radius 1 is 0.690 bits per heavy atom. The first kappa shape index (κ1) is 43.2. The minimum atomic E-state index is -0.622. The van der Waals surface area contributed by atoms with E-state index >= 15 is 0 Å². The van der Waals surface area contributed by atoms with Crippen molar-refractivity contribution < 1.29 is 47.6 Å². The number of rotatable bonds is 20. The van der Waals surface area contributed by atoms with Gasteiger partial charge in [-0.05, 0) is 140 Å². The lowest BCUT2D eigenvalue weighted by atomic mass is 9.80. The van der Waals surface area contributed by atoms with Crippen LogP contribution in [0.2, 0.25) is 0 Å². The molecule has 4 aromatic rings. The summed E-state index contributed by atoms with van der Waals surface area (Å²) >= 11 is 0. The first-order valence-corrected chi connectivity index (χ1v) is 20.2. The van der Waals surface area contributed by atoms with E-state index in [-0.39, 0.29) is 23.0 Å². The number of ether oxygens (including phenoxy) is 6. The van der Waals surface area contributed by atoms with Crippen molar-refractivity contribution in [3.63, 3.8) is 0 Å². The molecule has 4 aromatic carbocycles. The molecule has 58 heavy (non-hydrogen) atoms. The second kappa shape index (κ2) is 22.1. The number of hydrogen-bond acceptors (Lipinski definition) is 10. The Morgan fingerprint density at radius 2 is 1.34 bits per heavy atom. The lowest BCUT2D eigenvalue weighted by Crippen LogP contribution is -2.20. The van der Waals surface area contributed by atoms with E-state index in [1.165, 1.54) is 63.1 Å². The second-order valence-electron chi connectivity index (χ2n) is 14.8. The van der Waals surface area contributed by atoms with Crippen LogP contribution in [0.25, 0.3) is 16.8 Å². The van der Waals surface area contributed by atoms with Gasteiger partial charge in [-0.2, -0.15) is 0 Å². The van der Waals surface area contributed by atoms with Gasteiger partial charge in [-0.1, -0.05) is 57.4 Å². The molecule has 0 radical (unpaired) electrons. The zero-order valence-corrected chi connectivity index (χ0v) is 33.8. The van der Waals surface area contributed by atoms with Gasteiger partial charge in [-0.15, -0.1) is 0 Å². The molecule has 1 saturated carbocycles. The topological polar surface area (TPSA) is 124 Å². The highest BCUT2D eigenvalue weighted by atomic mass is 16.6. The van der Waals surface area contributed by atoms with Gasteiger partial charge in [-0.25, -0.2) is 19.2 Å². The summed E-state index contributed by atoms with van der Waals surface area (Å²) in [5.41, 5.74) is 1.71. The van der Waals surface area contributed by atoms with Crippen molar-refractivity contribution >= 4 is 40.7 Å². The van der Waals surface area contributed by atoms with E-state index in [4.69, 9.17) is 28.4 Å². The second-order valence-corrected chi connectivity index (χ2v) is 14.8. The van der Waals surface area contributed by atoms with E-state index in [0.29, 0.717) is 48.2 Å². The molecule has 5 rings (SSSR count). The quantitative estimate of drug-likeness (QED) is 0.0370. The summed E-state index contributed by atoms with van der Waals surface area (Å²) in [5.74, 6) is 0.862. The molecule has 0 bridgehead atoms. The third-order valence-electron chi connectivity index (χ3n) is 10.2. The molecule has 0 amide bonds. The molecule has 1 aliphatic rings. The van der Waals surface area contributed by atoms with Crippen LogP contribution in [0.5, 0.6) is 23.0 Å². The largest absolute Gasteiger partial charge is 0.494 e. The molecule has 0 N–H and O–H groups in total. The molecule has 1 fully saturated rings. The lowest BCUT2D eigenvalue weighted by molar-refractivity contribution is -0.140. The van der Waals surface area contributed by atoms with E-state index in [1.807, 2.05) is 24.3 Å². The summed E-state index contributed by atoms with van der Waals surface area (Å²) in [7, 11) is 1.47. The fourth-order valence-corrected chi connectivity index (χ4v) is 6.84. The van der Waals surface area contributed by atoms with Gasteiger partial charge in [0.1, 0.15) is 11.5 Å². The molecule has 0 unspecified atom stereocenters. The first-order valence-electron chi connectivity index (χ1n) is 20.2. The van der Waals surface area contributed by atoms with Crippen LogP contribution in [0.1, 0.15) is 104 Å². The Labute approximate surface area is 341 Å². The summed E-state index contributed by atoms with van der Waals surface area (Å²) in [6.07, 6.45) is 13.7. The van der Waals surface area contributed by atoms with Crippen molar-refractivity contribution in [1.82, 2.24) is 0 Å². The van der Waals surface area contributed by atoms with Crippen LogP contribution in [-0.2, 0) is 19.1 Å². The van der Waals surface area contributed by atoms with Gasteiger partial charge in [0.25, 0.3) is 0 Å². The van der Waals surface area contributed by atoms with Crippen molar-refractivity contribution in [2.24, 2.45) is 11.8 Å². The van der Waals surface area contributed by atoms with Crippen LogP contribution in [0.3, 0.4) is 0 Å². The van der Waals surface area contributed by atoms with Crippen molar-refractivity contribution in [3.8, 4) is 23.0 Å². The molecule has 1 aliphatic carbocycles. The highest BCUT2D eigenvalue weighted by Crippen LogP contribution is 2.32. The number of hydrogen-bond donors (Lipinski definition) is 0. The number of unbranched alkanes of at least 4 members (excludes halogenated alkanes) is 3. The van der Waals surface area contributed by atoms with Gasteiger partial charge < -0.3 is 28.4 Å². The summed E-state index contributed by atoms with van der Waals surface area (Å²) in [6.45, 7) is 8.83. The molecule has 0 atom stereocenters. The molecule has 0 aromatic heterocycles. The Morgan fingerprint density at radius 3 is 2.07 bits per heavy atom. The van der Waals surface area contributed by atoms with Crippen molar-refractivity contribution in [2.45, 2.75) is 78.1 Å². The fraction of sp³-hybridized carbons (Fsp3) is 0.375. The van der Waals surface area contributed by atoms with Crippen LogP contribution >= 0.6 is 0 Å². The van der Waals surface area contributed by atoms with E-state index in [1.54, 1.807) is 43.3 Å². The van der Waals surface area contributed by atoms with E-state index in [9.17, 15) is 19.2 Å². The number of carbonyl (C=O) groups excluding carboxylic acids is 4. The Bertz CT molecular complexity index is 2060. The number of benzene rings is 4. The standard InChI is InChI=1S/C48H54O10/c1-5-10-34-11-13-36(14-12-34)32-56-45(49)26-16-35-15-25-43(44(29-35)53-4)58-47(51)37-19-22-41(23-20-37)57-48(52)40-18-17-39-31-42(24-21-38(39)30-40)54-27-8-6-7-9-28-55-46(50)33(2)3/h15-26,29-31,34,36H,2,5-14,27-28,32H2,1,3-4H3/b26-16+. The molecule has 0 aliphatic heterocycles. The molecule has 10 nitrogen and oxygen atoms in total. The Hall–Kier alpha value is -5.90. The molecule has 0 spiro atoms. The summed E-state index contributed by atoms with van der Waals surface area (Å²) in [6, 6.07) is 22.1. The first-order chi connectivity index (χ1) is 28.1. The highest BCUT2D eigenvalue weighted by Gasteiger charge is 2.21. The van der Waals surface area contributed by atoms with Crippen LogP contribution in [0, 0.1) is 11.8 Å². The Balaban J connectivity index is 1.05. The lowest BCUT2D eigenvalue weighted by Gasteiger charge is -2.27. The third-order valence-corrected chi connectivity index (χ3v) is 10.2. The van der Waals surface area contributed by atoms with Crippen LogP contribution in [-0.4, -0.2) is 50.8 Å². The van der Waals surface area contributed by atoms with E-state index < -0.39 is 17.9 Å². The molecule has 0 saturated heterocycles. The summed E-state index contributed by atoms with van der Waals surface area (Å²) in [5, 5.41) is 1.78. The minimum Gasteiger partial charge on any atom is -0.494 e. The monoisotopic (exact) mass is 790 g/mol. The maximum atomic E-state index is 13.0. The molecule has 10 heteroatoms. The van der Waals surface area contributed by atoms with Crippen LogP contribution < -0.4 is 18.9 Å². The average molecular weight is 791 g/mol. The molecular weight excluding hydrogens is 737 g/mol. The number of fused-ring (bicyclic) bond motifs is 1. The number of esters is 4. The normalized spacial score (nSPS) is 15.1. The van der Waals surface area contributed by atoms with Crippen LogP contribution in [0.4, 0.5) is 0 Å². The predicted molar refractivity (Wildman–Crippen MR) is 223 cm³/mol. The van der Waals surface area contributed by atoms with Gasteiger partial charge >= 0.3 is 23.9 Å². The predicted octanol–water partition coefficient (Wildman–Crippen LogP) is 10.5. The van der Waals surface area contributed by atoms with Gasteiger partial charge in [0.05, 0.1) is 38.1 Å². The average Bonchev–Trinajstić information content (AvgIpc) is 3.23. The molecule has 0 heterocycles. The van der Waals surface area contributed by atoms with E-state index in [0.717, 1.165) is 61.0 Å². The minimum absolute atomic E-state index is 0.212. The maximum absolute atomic E-state index is 13.0. The zero-order chi connectivity index (χ0) is 41.3. The van der Waals surface area contributed by atoms with Crippen molar-refractivity contribution in [3.05, 3.63) is 114 Å². The molecular formula is C48H54O10. The fourth-order valence-electron chi connectivity index (χ4n) is 6.84. The van der Waals surface area contributed by atoms with Gasteiger partial charge in [0.2, 0.25) is 0 Å². The Kier molecular flexibility index (Phi) is 16.5. The van der Waals surface area contributed by atoms with Crippen LogP contribution in [0.15, 0.2) is 97.1 Å². The smallest absolute Gasteiger partial charge is 0.343 e. The van der Waals surface area contributed by atoms with Gasteiger partial charge in [0, 0.05) is 11.6 Å². The zero-order valence-electron chi connectivity index (χ0n) is 33.8. The summed E-state index contributed by atoms with van der Waals surface area (Å²) < 4.78 is 33.2. The van der Waals surface area contributed by atoms with Crippen molar-refractivity contribution in [1.29, 1.82) is 0 Å². The third kappa shape index (κ3) is 13.4.